The van der Waals surface area contributed by atoms with Gasteiger partial charge in [-0.3, -0.25) is 0 Å². The van der Waals surface area contributed by atoms with Crippen LogP contribution in [-0.2, 0) is 0 Å². The zero-order chi connectivity index (χ0) is 10.7. The first-order chi connectivity index (χ1) is 7.29. The van der Waals surface area contributed by atoms with Crippen LogP contribution in [0.3, 0.4) is 0 Å². The van der Waals surface area contributed by atoms with Crippen LogP contribution in [0.25, 0.3) is 0 Å². The standard InChI is InChI=1S/C12H16ClNO/c13-11-4-2-1-3-10(11)12(15)9-5-7-14-8-6-9/h1-4,9,12,14-15H,5-8H2. The molecule has 0 saturated carbocycles. The molecule has 1 unspecified atom stereocenters. The zero-order valence-electron chi connectivity index (χ0n) is 8.62. The fraction of sp³-hybridized carbons (Fsp3) is 0.500. The maximum absolute atomic E-state index is 10.2. The van der Waals surface area contributed by atoms with E-state index in [4.69, 9.17) is 11.6 Å². The van der Waals surface area contributed by atoms with E-state index < -0.39 is 6.10 Å². The third kappa shape index (κ3) is 2.51. The highest BCUT2D eigenvalue weighted by molar-refractivity contribution is 6.31. The van der Waals surface area contributed by atoms with E-state index in [1.807, 2.05) is 24.3 Å². The zero-order valence-corrected chi connectivity index (χ0v) is 9.37. The van der Waals surface area contributed by atoms with Crippen molar-refractivity contribution < 1.29 is 5.11 Å². The third-order valence-corrected chi connectivity index (χ3v) is 3.40. The maximum Gasteiger partial charge on any atom is 0.0833 e. The number of piperidine rings is 1. The molecular formula is C12H16ClNO. The second-order valence-electron chi connectivity index (χ2n) is 4.05. The Balaban J connectivity index is 2.12. The molecule has 1 fully saturated rings. The van der Waals surface area contributed by atoms with Crippen LogP contribution in [0.15, 0.2) is 24.3 Å². The highest BCUT2D eigenvalue weighted by atomic mass is 35.5. The molecule has 1 aliphatic heterocycles. The van der Waals surface area contributed by atoms with Gasteiger partial charge in [0.25, 0.3) is 0 Å². The summed E-state index contributed by atoms with van der Waals surface area (Å²) >= 11 is 6.06. The van der Waals surface area contributed by atoms with Gasteiger partial charge in [0, 0.05) is 5.02 Å². The summed E-state index contributed by atoms with van der Waals surface area (Å²) in [4.78, 5) is 0. The normalized spacial score (nSPS) is 20.1. The van der Waals surface area contributed by atoms with Crippen molar-refractivity contribution in [2.75, 3.05) is 13.1 Å². The highest BCUT2D eigenvalue weighted by Crippen LogP contribution is 2.32. The van der Waals surface area contributed by atoms with Gasteiger partial charge in [0.15, 0.2) is 0 Å². The lowest BCUT2D eigenvalue weighted by Crippen LogP contribution is -2.30. The second-order valence-corrected chi connectivity index (χ2v) is 4.46. The SMILES string of the molecule is OC(c1ccccc1Cl)C1CCNCC1. The Kier molecular flexibility index (Phi) is 3.62. The minimum Gasteiger partial charge on any atom is -0.388 e. The topological polar surface area (TPSA) is 32.3 Å². The number of hydrogen-bond donors (Lipinski definition) is 2. The lowest BCUT2D eigenvalue weighted by molar-refractivity contribution is 0.0890. The molecule has 3 heteroatoms. The molecule has 2 rings (SSSR count). The maximum atomic E-state index is 10.2. The number of halogens is 1. The smallest absolute Gasteiger partial charge is 0.0833 e. The molecule has 82 valence electrons. The molecule has 0 aromatic heterocycles. The predicted molar refractivity (Wildman–Crippen MR) is 62.0 cm³/mol. The van der Waals surface area contributed by atoms with Crippen molar-refractivity contribution in [2.24, 2.45) is 5.92 Å². The summed E-state index contributed by atoms with van der Waals surface area (Å²) in [5.41, 5.74) is 0.867. The molecule has 2 nitrogen and oxygen atoms in total. The molecule has 2 N–H and O–H groups in total. The van der Waals surface area contributed by atoms with Crippen LogP contribution >= 0.6 is 11.6 Å². The number of rotatable bonds is 2. The van der Waals surface area contributed by atoms with E-state index in [9.17, 15) is 5.11 Å². The molecule has 0 bridgehead atoms. The van der Waals surface area contributed by atoms with Gasteiger partial charge in [-0.05, 0) is 43.5 Å². The van der Waals surface area contributed by atoms with Gasteiger partial charge >= 0.3 is 0 Å². The number of aliphatic hydroxyl groups is 1. The van der Waals surface area contributed by atoms with Gasteiger partial charge in [-0.25, -0.2) is 0 Å². The van der Waals surface area contributed by atoms with E-state index in [2.05, 4.69) is 5.32 Å². The van der Waals surface area contributed by atoms with Crippen LogP contribution in [0.5, 0.6) is 0 Å². The van der Waals surface area contributed by atoms with E-state index in [1.165, 1.54) is 0 Å². The van der Waals surface area contributed by atoms with Crippen molar-refractivity contribution in [3.8, 4) is 0 Å². The van der Waals surface area contributed by atoms with E-state index >= 15 is 0 Å². The van der Waals surface area contributed by atoms with Gasteiger partial charge < -0.3 is 10.4 Å². The van der Waals surface area contributed by atoms with Crippen LogP contribution in [0.2, 0.25) is 5.02 Å². The Morgan fingerprint density at radius 2 is 1.93 bits per heavy atom. The van der Waals surface area contributed by atoms with Crippen molar-refractivity contribution in [1.29, 1.82) is 0 Å². The summed E-state index contributed by atoms with van der Waals surface area (Å²) in [7, 11) is 0. The number of hydrogen-bond acceptors (Lipinski definition) is 2. The minimum atomic E-state index is -0.416. The Morgan fingerprint density at radius 1 is 1.27 bits per heavy atom. The van der Waals surface area contributed by atoms with Crippen molar-refractivity contribution in [3.63, 3.8) is 0 Å². The summed E-state index contributed by atoms with van der Waals surface area (Å²) < 4.78 is 0. The lowest BCUT2D eigenvalue weighted by atomic mass is 9.88. The van der Waals surface area contributed by atoms with Crippen molar-refractivity contribution in [2.45, 2.75) is 18.9 Å². The highest BCUT2D eigenvalue weighted by Gasteiger charge is 2.24. The summed E-state index contributed by atoms with van der Waals surface area (Å²) in [6.45, 7) is 1.98. The molecule has 0 radical (unpaired) electrons. The molecule has 0 amide bonds. The first kappa shape index (κ1) is 10.9. The van der Waals surface area contributed by atoms with Crippen molar-refractivity contribution in [1.82, 2.24) is 5.32 Å². The van der Waals surface area contributed by atoms with E-state index in [0.29, 0.717) is 10.9 Å². The van der Waals surface area contributed by atoms with Crippen LogP contribution in [-0.4, -0.2) is 18.2 Å². The average Bonchev–Trinajstić information content (AvgIpc) is 2.30. The number of nitrogens with one attached hydrogen (secondary N) is 1. The molecule has 1 aliphatic rings. The molecule has 1 atom stereocenters. The Labute approximate surface area is 95.3 Å². The lowest BCUT2D eigenvalue weighted by Gasteiger charge is -2.27. The van der Waals surface area contributed by atoms with Crippen molar-refractivity contribution in [3.05, 3.63) is 34.9 Å². The van der Waals surface area contributed by atoms with Gasteiger partial charge in [-0.1, -0.05) is 29.8 Å². The van der Waals surface area contributed by atoms with Crippen molar-refractivity contribution >= 4 is 11.6 Å². The van der Waals surface area contributed by atoms with Crippen LogP contribution in [0, 0.1) is 5.92 Å². The quantitative estimate of drug-likeness (QED) is 0.810. The number of aliphatic hydroxyl groups excluding tert-OH is 1. The number of benzene rings is 1. The molecular weight excluding hydrogens is 210 g/mol. The Bertz CT molecular complexity index is 323. The summed E-state index contributed by atoms with van der Waals surface area (Å²) in [5, 5.41) is 14.2. The van der Waals surface area contributed by atoms with E-state index in [0.717, 1.165) is 31.5 Å². The average molecular weight is 226 g/mol. The first-order valence-electron chi connectivity index (χ1n) is 5.42. The Morgan fingerprint density at radius 3 is 2.60 bits per heavy atom. The van der Waals surface area contributed by atoms with Gasteiger partial charge in [-0.15, -0.1) is 0 Å². The van der Waals surface area contributed by atoms with Crippen LogP contribution in [0.4, 0.5) is 0 Å². The van der Waals surface area contributed by atoms with Gasteiger partial charge in [0.1, 0.15) is 0 Å². The molecule has 1 aromatic rings. The molecule has 1 aromatic carbocycles. The summed E-state index contributed by atoms with van der Waals surface area (Å²) in [6.07, 6.45) is 1.62. The largest absolute Gasteiger partial charge is 0.388 e. The van der Waals surface area contributed by atoms with Crippen LogP contribution < -0.4 is 5.32 Å². The van der Waals surface area contributed by atoms with Gasteiger partial charge in [0.05, 0.1) is 6.10 Å². The monoisotopic (exact) mass is 225 g/mol. The fourth-order valence-corrected chi connectivity index (χ4v) is 2.38. The van der Waals surface area contributed by atoms with E-state index in [1.54, 1.807) is 0 Å². The summed E-state index contributed by atoms with van der Waals surface area (Å²) in [6, 6.07) is 7.56. The fourth-order valence-electron chi connectivity index (χ4n) is 2.13. The molecule has 1 saturated heterocycles. The van der Waals surface area contributed by atoms with E-state index in [-0.39, 0.29) is 0 Å². The van der Waals surface area contributed by atoms with Gasteiger partial charge in [0.2, 0.25) is 0 Å². The second kappa shape index (κ2) is 4.97. The molecule has 0 spiro atoms. The molecule has 1 heterocycles. The molecule has 15 heavy (non-hydrogen) atoms. The Hall–Kier alpha value is -0.570. The minimum absolute atomic E-state index is 0.339. The van der Waals surface area contributed by atoms with Gasteiger partial charge in [-0.2, -0.15) is 0 Å². The summed E-state index contributed by atoms with van der Waals surface area (Å²) in [5.74, 6) is 0.339. The molecule has 0 aliphatic carbocycles. The predicted octanol–water partition coefficient (Wildman–Crippen LogP) is 2.37. The van der Waals surface area contributed by atoms with Crippen LogP contribution in [0.1, 0.15) is 24.5 Å². The first-order valence-corrected chi connectivity index (χ1v) is 5.80. The third-order valence-electron chi connectivity index (χ3n) is 3.05.